The number of ether oxygens (including phenoxy) is 3. The van der Waals surface area contributed by atoms with Crippen LogP contribution in [0.4, 0.5) is 14.0 Å². The molecule has 0 radical (unpaired) electrons. The van der Waals surface area contributed by atoms with Crippen LogP contribution < -0.4 is 15.4 Å². The molecule has 4 N–H and O–H groups in total. The van der Waals surface area contributed by atoms with Crippen molar-refractivity contribution in [3.05, 3.63) is 82.3 Å². The highest BCUT2D eigenvalue weighted by atomic mass is 32.1. The molecular weight excluding hydrogens is 844 g/mol. The molecule has 1 saturated carbocycles. The lowest BCUT2D eigenvalue weighted by molar-refractivity contribution is -0.142. The summed E-state index contributed by atoms with van der Waals surface area (Å²) in [6, 6.07) is 9.98. The average Bonchev–Trinajstić information content (AvgIpc) is 3.86. The van der Waals surface area contributed by atoms with Crippen molar-refractivity contribution in [1.82, 2.24) is 49.9 Å². The SMILES string of the molecule is COC(=O)NCC(=O)N1CCC[C@H]1c1ncc(-c2cc(F)c3c(c2)OC(c2cnc(C4CC4)s2)n2c-3cc3cc(-c4cnc(C5CCN5C(=O)C(NC(=O)OC)C(C)C)[nH]4)ccc32)[nH]1. The summed E-state index contributed by atoms with van der Waals surface area (Å²) < 4.78 is 35.0. The number of nitrogens with zero attached hydrogens (tertiary/aromatic N) is 6. The van der Waals surface area contributed by atoms with Crippen molar-refractivity contribution in [2.24, 2.45) is 5.92 Å². The van der Waals surface area contributed by atoms with Crippen LogP contribution in [0.25, 0.3) is 44.7 Å². The maximum atomic E-state index is 16.7. The topological polar surface area (TPSA) is 202 Å². The summed E-state index contributed by atoms with van der Waals surface area (Å²) in [5, 5.41) is 7.06. The third-order valence-corrected chi connectivity index (χ3v) is 13.8. The Morgan fingerprint density at radius 3 is 2.30 bits per heavy atom. The number of thiazole rings is 1. The molecule has 64 heavy (non-hydrogen) atoms. The van der Waals surface area contributed by atoms with Crippen molar-refractivity contribution in [2.75, 3.05) is 33.9 Å². The Bertz CT molecular complexity index is 2810. The second kappa shape index (κ2) is 16.4. The molecular formula is C45H47FN10O7S. The van der Waals surface area contributed by atoms with Crippen LogP contribution in [0, 0.1) is 11.7 Å². The number of H-pyrrole nitrogens is 2. The van der Waals surface area contributed by atoms with Crippen molar-refractivity contribution in [2.45, 2.75) is 76.2 Å². The van der Waals surface area contributed by atoms with Crippen LogP contribution in [0.2, 0.25) is 0 Å². The molecule has 6 aromatic rings. The van der Waals surface area contributed by atoms with Crippen LogP contribution in [-0.4, -0.2) is 103 Å². The smallest absolute Gasteiger partial charge is 0.407 e. The van der Waals surface area contributed by atoms with E-state index in [-0.39, 0.29) is 36.4 Å². The van der Waals surface area contributed by atoms with Gasteiger partial charge in [0.2, 0.25) is 18.0 Å². The number of aromatic nitrogens is 6. The van der Waals surface area contributed by atoms with Crippen LogP contribution in [0.1, 0.15) is 91.7 Å². The zero-order valence-corrected chi connectivity index (χ0v) is 36.5. The van der Waals surface area contributed by atoms with Gasteiger partial charge in [-0.25, -0.2) is 28.9 Å². The summed E-state index contributed by atoms with van der Waals surface area (Å²) >= 11 is 1.62. The van der Waals surface area contributed by atoms with Gasteiger partial charge >= 0.3 is 12.2 Å². The Labute approximate surface area is 370 Å². The third-order valence-electron chi connectivity index (χ3n) is 12.6. The number of nitrogens with one attached hydrogen (secondary N) is 4. The molecule has 0 bridgehead atoms. The van der Waals surface area contributed by atoms with E-state index in [0.717, 1.165) is 57.7 Å². The molecule has 3 unspecified atom stereocenters. The molecule has 4 amide bonds. The van der Waals surface area contributed by atoms with Crippen LogP contribution in [0.15, 0.2) is 55.0 Å². The van der Waals surface area contributed by atoms with Crippen LogP contribution in [0.5, 0.6) is 5.75 Å². The number of hydrogen-bond acceptors (Lipinski definition) is 11. The van der Waals surface area contributed by atoms with E-state index < -0.39 is 30.3 Å². The lowest BCUT2D eigenvalue weighted by atomic mass is 9.96. The molecule has 19 heteroatoms. The minimum Gasteiger partial charge on any atom is -0.464 e. The second-order valence-electron chi connectivity index (χ2n) is 17.0. The summed E-state index contributed by atoms with van der Waals surface area (Å²) in [6.45, 7) is 4.61. The highest BCUT2D eigenvalue weighted by molar-refractivity contribution is 7.11. The fourth-order valence-corrected chi connectivity index (χ4v) is 10.1. The van der Waals surface area contributed by atoms with Crippen molar-refractivity contribution in [1.29, 1.82) is 0 Å². The van der Waals surface area contributed by atoms with Crippen molar-refractivity contribution in [3.8, 4) is 39.5 Å². The number of aromatic amines is 2. The number of carbonyl (C=O) groups excluding carboxylic acids is 4. The molecule has 7 heterocycles. The molecule has 1 aliphatic carbocycles. The number of rotatable bonds is 11. The number of hydrogen-bond donors (Lipinski definition) is 4. The largest absolute Gasteiger partial charge is 0.464 e. The number of carbonyl (C=O) groups is 4. The quantitative estimate of drug-likeness (QED) is 0.103. The van der Waals surface area contributed by atoms with Crippen LogP contribution in [0.3, 0.4) is 0 Å². The summed E-state index contributed by atoms with van der Waals surface area (Å²) in [6.07, 6.45) is 7.69. The van der Waals surface area contributed by atoms with E-state index in [1.54, 1.807) is 33.5 Å². The molecule has 2 aromatic carbocycles. The molecule has 10 rings (SSSR count). The average molecular weight is 891 g/mol. The van der Waals surface area contributed by atoms with Crippen molar-refractivity contribution in [3.63, 3.8) is 0 Å². The van der Waals surface area contributed by atoms with Gasteiger partial charge in [-0.15, -0.1) is 11.3 Å². The van der Waals surface area contributed by atoms with Crippen LogP contribution in [-0.2, 0) is 19.1 Å². The maximum absolute atomic E-state index is 16.7. The standard InChI is InChI=1S/C45H47FN10O7S/c1-22(2)38(53-45(60)62-4)42(58)55-13-11-32(55)40-47-18-28(51-40)24-9-10-30-26(14-24)16-33-37-27(46)15-25(17-34(37)63-43(56(30)33)35-20-49-41(64-35)23-7-8-23)29-19-48-39(52-29)31-6-5-12-54(31)36(57)21-50-44(59)61-3/h9-10,14-20,22-23,31-32,38,43H,5-8,11-13,21H2,1-4H3,(H,47,51)(H,48,52)(H,50,59)(H,53,60)/t31-,32?,38?,43?/m0/s1. The number of fused-ring (bicyclic) bond motifs is 5. The number of methoxy groups -OCH3 is 2. The lowest BCUT2D eigenvalue weighted by Gasteiger charge is -2.42. The zero-order chi connectivity index (χ0) is 44.4. The number of likely N-dealkylation sites (tertiary alicyclic amines) is 2. The lowest BCUT2D eigenvalue weighted by Crippen LogP contribution is -2.56. The minimum absolute atomic E-state index is 0.147. The summed E-state index contributed by atoms with van der Waals surface area (Å²) in [7, 11) is 2.51. The second-order valence-corrected chi connectivity index (χ2v) is 18.1. The number of alkyl carbamates (subject to hydrolysis) is 2. The van der Waals surface area contributed by atoms with Gasteiger partial charge in [-0.3, -0.25) is 14.2 Å². The summed E-state index contributed by atoms with van der Waals surface area (Å²) in [5.74, 6) is 0.975. The Balaban J connectivity index is 0.957. The van der Waals surface area contributed by atoms with Gasteiger partial charge in [0, 0.05) is 41.7 Å². The van der Waals surface area contributed by atoms with E-state index >= 15 is 4.39 Å². The molecule has 4 aliphatic rings. The summed E-state index contributed by atoms with van der Waals surface area (Å²) in [5.41, 5.74) is 4.56. The third kappa shape index (κ3) is 7.40. The molecule has 3 aliphatic heterocycles. The fraction of sp³-hybridized carbons (Fsp3) is 0.400. The fourth-order valence-electron chi connectivity index (χ4n) is 9.01. The molecule has 4 atom stereocenters. The monoisotopic (exact) mass is 890 g/mol. The minimum atomic E-state index is -0.734. The predicted octanol–water partition coefficient (Wildman–Crippen LogP) is 7.17. The normalized spacial score (nSPS) is 19.4. The highest BCUT2D eigenvalue weighted by Crippen LogP contribution is 2.50. The highest BCUT2D eigenvalue weighted by Gasteiger charge is 2.41. The Morgan fingerprint density at radius 1 is 0.875 bits per heavy atom. The number of amides is 4. The van der Waals surface area contributed by atoms with Gasteiger partial charge in [0.15, 0.2) is 0 Å². The van der Waals surface area contributed by atoms with E-state index in [4.69, 9.17) is 14.5 Å². The molecule has 0 spiro atoms. The molecule has 17 nitrogen and oxygen atoms in total. The van der Waals surface area contributed by atoms with Gasteiger partial charge in [-0.2, -0.15) is 0 Å². The Morgan fingerprint density at radius 2 is 1.61 bits per heavy atom. The zero-order valence-electron chi connectivity index (χ0n) is 35.6. The van der Waals surface area contributed by atoms with Gasteiger partial charge in [0.25, 0.3) is 0 Å². The van der Waals surface area contributed by atoms with E-state index in [0.29, 0.717) is 65.3 Å². The van der Waals surface area contributed by atoms with Gasteiger partial charge in [0.05, 0.1) is 76.7 Å². The first-order chi connectivity index (χ1) is 31.0. The van der Waals surface area contributed by atoms with Gasteiger partial charge < -0.3 is 44.6 Å². The summed E-state index contributed by atoms with van der Waals surface area (Å²) in [4.78, 5) is 75.4. The number of halogens is 1. The Hall–Kier alpha value is -6.76. The first-order valence-corrected chi connectivity index (χ1v) is 22.3. The van der Waals surface area contributed by atoms with E-state index in [9.17, 15) is 19.2 Å². The van der Waals surface area contributed by atoms with E-state index in [2.05, 4.69) is 35.3 Å². The first-order valence-electron chi connectivity index (χ1n) is 21.5. The van der Waals surface area contributed by atoms with Crippen molar-refractivity contribution >= 4 is 46.2 Å². The van der Waals surface area contributed by atoms with E-state index in [1.807, 2.05) is 54.9 Å². The van der Waals surface area contributed by atoms with Crippen molar-refractivity contribution < 1.29 is 37.8 Å². The van der Waals surface area contributed by atoms with Gasteiger partial charge in [0.1, 0.15) is 35.8 Å². The van der Waals surface area contributed by atoms with E-state index in [1.165, 1.54) is 20.3 Å². The number of benzene rings is 2. The molecule has 4 aromatic heterocycles. The van der Waals surface area contributed by atoms with Crippen LogP contribution >= 0.6 is 11.3 Å². The maximum Gasteiger partial charge on any atom is 0.407 e. The van der Waals surface area contributed by atoms with Gasteiger partial charge in [-0.1, -0.05) is 19.9 Å². The number of imidazole rings is 2. The molecule has 2 saturated heterocycles. The van der Waals surface area contributed by atoms with Gasteiger partial charge in [-0.05, 0) is 68.4 Å². The predicted molar refractivity (Wildman–Crippen MR) is 233 cm³/mol. The first kappa shape index (κ1) is 41.3. The Kier molecular flexibility index (Phi) is 10.6. The molecule has 3 fully saturated rings. The molecule has 332 valence electrons.